The molecule has 11 heteroatoms. The van der Waals surface area contributed by atoms with Crippen LogP contribution in [0.15, 0.2) is 54.6 Å². The molecular formula is C26H32N6O5. The van der Waals surface area contributed by atoms with Gasteiger partial charge in [0.2, 0.25) is 17.8 Å². The van der Waals surface area contributed by atoms with E-state index in [2.05, 4.69) is 30.9 Å². The van der Waals surface area contributed by atoms with Crippen molar-refractivity contribution in [2.75, 3.05) is 56.0 Å². The summed E-state index contributed by atoms with van der Waals surface area (Å²) in [7, 11) is 1.34. The molecule has 3 aromatic rings. The average Bonchev–Trinajstić information content (AvgIpc) is 2.90. The number of hydrogen-bond acceptors (Lipinski definition) is 11. The van der Waals surface area contributed by atoms with Crippen LogP contribution in [0, 0.1) is 0 Å². The van der Waals surface area contributed by atoms with E-state index in [0.29, 0.717) is 68.5 Å². The van der Waals surface area contributed by atoms with Crippen molar-refractivity contribution in [2.45, 2.75) is 19.8 Å². The molecular weight excluding hydrogens is 476 g/mol. The van der Waals surface area contributed by atoms with Crippen molar-refractivity contribution in [2.24, 2.45) is 0 Å². The van der Waals surface area contributed by atoms with E-state index in [-0.39, 0.29) is 5.78 Å². The van der Waals surface area contributed by atoms with E-state index in [9.17, 15) is 9.59 Å². The summed E-state index contributed by atoms with van der Waals surface area (Å²) >= 11 is 0. The molecule has 11 nitrogen and oxygen atoms in total. The zero-order valence-electron chi connectivity index (χ0n) is 21.0. The van der Waals surface area contributed by atoms with Gasteiger partial charge in [0.05, 0.1) is 32.5 Å². The van der Waals surface area contributed by atoms with Crippen LogP contribution in [0.2, 0.25) is 0 Å². The second-order valence-corrected chi connectivity index (χ2v) is 7.95. The van der Waals surface area contributed by atoms with Crippen LogP contribution in [0.4, 0.5) is 29.2 Å². The Hall–Kier alpha value is -4.09. The third kappa shape index (κ3) is 10.2. The molecule has 0 saturated heterocycles. The minimum atomic E-state index is -0.408. The minimum Gasteiger partial charge on any atom is -0.465 e. The third-order valence-electron chi connectivity index (χ3n) is 4.95. The van der Waals surface area contributed by atoms with E-state index in [0.717, 1.165) is 12.1 Å². The Bertz CT molecular complexity index is 1130. The van der Waals surface area contributed by atoms with Crippen molar-refractivity contribution < 1.29 is 23.8 Å². The SMILES string of the molecule is COC(=O)c1ccc(Nc2nc(NCCOCCOCCCC(C)=O)nc(Nc3ccccc3)n2)cc1. The number of methoxy groups -OCH3 is 1. The normalized spacial score (nSPS) is 10.5. The third-order valence-corrected chi connectivity index (χ3v) is 4.95. The first-order valence-electron chi connectivity index (χ1n) is 12.0. The fourth-order valence-corrected chi connectivity index (χ4v) is 3.13. The topological polar surface area (TPSA) is 137 Å². The molecule has 0 fully saturated rings. The molecule has 0 aliphatic carbocycles. The Morgan fingerprint density at radius 3 is 1.97 bits per heavy atom. The molecule has 3 N–H and O–H groups in total. The molecule has 3 rings (SSSR count). The second-order valence-electron chi connectivity index (χ2n) is 7.95. The van der Waals surface area contributed by atoms with E-state index < -0.39 is 5.97 Å². The standard InChI is InChI=1S/C26H32N6O5/c1-19(33)7-6-15-36-17-18-37-16-14-27-24-30-25(28-21-8-4-3-5-9-21)32-26(31-24)29-22-12-10-20(11-13-22)23(34)35-2/h3-5,8-13H,6-7,14-18H2,1-2H3,(H3,27,28,29,30,31,32). The Kier molecular flexibility index (Phi) is 11.2. The quantitative estimate of drug-likeness (QED) is 0.191. The lowest BCUT2D eigenvalue weighted by molar-refractivity contribution is -0.117. The zero-order chi connectivity index (χ0) is 26.3. The fourth-order valence-electron chi connectivity index (χ4n) is 3.13. The van der Waals surface area contributed by atoms with Crippen LogP contribution in [0.3, 0.4) is 0 Å². The number of carbonyl (C=O) groups excluding carboxylic acids is 2. The molecule has 2 aromatic carbocycles. The van der Waals surface area contributed by atoms with Crippen LogP contribution in [0.1, 0.15) is 30.1 Å². The van der Waals surface area contributed by atoms with Gasteiger partial charge in [0.1, 0.15) is 5.78 Å². The van der Waals surface area contributed by atoms with Crippen molar-refractivity contribution in [3.8, 4) is 0 Å². The predicted octanol–water partition coefficient (Wildman–Crippen LogP) is 3.96. The first-order valence-corrected chi connectivity index (χ1v) is 12.0. The number of nitrogens with one attached hydrogen (secondary N) is 3. The highest BCUT2D eigenvalue weighted by Crippen LogP contribution is 2.19. The van der Waals surface area contributed by atoms with Gasteiger partial charge >= 0.3 is 5.97 Å². The number of hydrogen-bond donors (Lipinski definition) is 3. The van der Waals surface area contributed by atoms with Gasteiger partial charge in [-0.3, -0.25) is 0 Å². The Labute approximate surface area is 216 Å². The van der Waals surface area contributed by atoms with Gasteiger partial charge in [0.15, 0.2) is 0 Å². The summed E-state index contributed by atoms with van der Waals surface area (Å²) in [5.74, 6) is 0.806. The van der Waals surface area contributed by atoms with E-state index >= 15 is 0 Å². The molecule has 0 radical (unpaired) electrons. The number of anilines is 5. The summed E-state index contributed by atoms with van der Waals surface area (Å²) in [6, 6.07) is 16.4. The lowest BCUT2D eigenvalue weighted by Gasteiger charge is -2.12. The fraction of sp³-hybridized carbons (Fsp3) is 0.346. The molecule has 1 heterocycles. The molecule has 0 unspecified atom stereocenters. The molecule has 0 amide bonds. The van der Waals surface area contributed by atoms with Gasteiger partial charge in [-0.2, -0.15) is 15.0 Å². The zero-order valence-corrected chi connectivity index (χ0v) is 21.0. The number of carbonyl (C=O) groups is 2. The summed E-state index contributed by atoms with van der Waals surface area (Å²) in [6.45, 7) is 3.95. The number of nitrogens with zero attached hydrogens (tertiary/aromatic N) is 3. The van der Waals surface area contributed by atoms with Crippen molar-refractivity contribution in [3.05, 3.63) is 60.2 Å². The summed E-state index contributed by atoms with van der Waals surface area (Å²) < 4.78 is 15.8. The maximum Gasteiger partial charge on any atom is 0.337 e. The van der Waals surface area contributed by atoms with Crippen LogP contribution in [-0.2, 0) is 19.0 Å². The van der Waals surface area contributed by atoms with Gasteiger partial charge in [-0.15, -0.1) is 0 Å². The number of aromatic nitrogens is 3. The van der Waals surface area contributed by atoms with Crippen molar-refractivity contribution in [1.82, 2.24) is 15.0 Å². The van der Waals surface area contributed by atoms with Crippen LogP contribution >= 0.6 is 0 Å². The highest BCUT2D eigenvalue weighted by atomic mass is 16.5. The van der Waals surface area contributed by atoms with E-state index in [1.807, 2.05) is 30.3 Å². The number of ether oxygens (including phenoxy) is 3. The molecule has 0 saturated carbocycles. The van der Waals surface area contributed by atoms with Gasteiger partial charge in [-0.05, 0) is 49.7 Å². The predicted molar refractivity (Wildman–Crippen MR) is 141 cm³/mol. The van der Waals surface area contributed by atoms with Crippen molar-refractivity contribution >= 4 is 41.0 Å². The molecule has 0 atom stereocenters. The highest BCUT2D eigenvalue weighted by molar-refractivity contribution is 5.89. The monoisotopic (exact) mass is 508 g/mol. The summed E-state index contributed by atoms with van der Waals surface area (Å²) in [5, 5.41) is 9.45. The maximum atomic E-state index is 11.7. The lowest BCUT2D eigenvalue weighted by atomic mass is 10.2. The Balaban J connectivity index is 1.55. The van der Waals surface area contributed by atoms with Crippen molar-refractivity contribution in [1.29, 1.82) is 0 Å². The average molecular weight is 509 g/mol. The molecule has 196 valence electrons. The summed E-state index contributed by atoms with van der Waals surface area (Å²) in [6.07, 6.45) is 1.26. The largest absolute Gasteiger partial charge is 0.465 e. The van der Waals surface area contributed by atoms with Gasteiger partial charge in [0, 0.05) is 30.9 Å². The summed E-state index contributed by atoms with van der Waals surface area (Å²) in [4.78, 5) is 35.9. The minimum absolute atomic E-state index is 0.168. The highest BCUT2D eigenvalue weighted by Gasteiger charge is 2.09. The number of para-hydroxylation sites is 1. The van der Waals surface area contributed by atoms with Crippen LogP contribution in [0.5, 0.6) is 0 Å². The van der Waals surface area contributed by atoms with Crippen LogP contribution in [0.25, 0.3) is 0 Å². The number of rotatable bonds is 16. The lowest BCUT2D eigenvalue weighted by Crippen LogP contribution is -2.15. The maximum absolute atomic E-state index is 11.7. The molecule has 0 aliphatic heterocycles. The van der Waals surface area contributed by atoms with Crippen molar-refractivity contribution in [3.63, 3.8) is 0 Å². The number of esters is 1. The number of ketones is 1. The molecule has 1 aromatic heterocycles. The van der Waals surface area contributed by atoms with E-state index in [4.69, 9.17) is 14.2 Å². The molecule has 0 aliphatic rings. The van der Waals surface area contributed by atoms with Gasteiger partial charge in [-0.1, -0.05) is 18.2 Å². The number of Topliss-reactive ketones (excluding diaryl/α,β-unsaturated/α-hetero) is 1. The van der Waals surface area contributed by atoms with Gasteiger partial charge in [0.25, 0.3) is 0 Å². The second kappa shape index (κ2) is 15.1. The molecule has 0 spiro atoms. The molecule has 0 bridgehead atoms. The van der Waals surface area contributed by atoms with Crippen LogP contribution in [-0.4, -0.2) is 66.8 Å². The Morgan fingerprint density at radius 1 is 0.757 bits per heavy atom. The van der Waals surface area contributed by atoms with Gasteiger partial charge in [-0.25, -0.2) is 4.79 Å². The van der Waals surface area contributed by atoms with Crippen LogP contribution < -0.4 is 16.0 Å². The smallest absolute Gasteiger partial charge is 0.337 e. The Morgan fingerprint density at radius 2 is 1.35 bits per heavy atom. The molecule has 37 heavy (non-hydrogen) atoms. The first kappa shape index (κ1) is 27.5. The summed E-state index contributed by atoms with van der Waals surface area (Å²) in [5.41, 5.74) is 1.97. The van der Waals surface area contributed by atoms with E-state index in [1.54, 1.807) is 31.2 Å². The van der Waals surface area contributed by atoms with E-state index in [1.165, 1.54) is 7.11 Å². The van der Waals surface area contributed by atoms with Gasteiger partial charge < -0.3 is 35.0 Å². The first-order chi connectivity index (χ1) is 18.0. The number of benzene rings is 2.